The van der Waals surface area contributed by atoms with E-state index in [1.807, 2.05) is 29.6 Å². The maximum Gasteiger partial charge on any atom is 0.244 e. The molecule has 1 N–H and O–H groups in total. The van der Waals surface area contributed by atoms with Crippen LogP contribution >= 0.6 is 0 Å². The quantitative estimate of drug-likeness (QED) is 0.848. The zero-order valence-electron chi connectivity index (χ0n) is 10.5. The lowest BCUT2D eigenvalue weighted by Crippen LogP contribution is -2.50. The van der Waals surface area contributed by atoms with Crippen molar-refractivity contribution in [3.63, 3.8) is 0 Å². The Hall–Kier alpha value is -1.36. The number of anilines is 1. The molecule has 5 heteroatoms. The van der Waals surface area contributed by atoms with Crippen molar-refractivity contribution in [2.75, 3.05) is 18.0 Å². The fourth-order valence-corrected chi connectivity index (χ4v) is 2.23. The van der Waals surface area contributed by atoms with Crippen LogP contribution in [0.15, 0.2) is 12.4 Å². The monoisotopic (exact) mass is 236 g/mol. The molecule has 1 aromatic rings. The highest BCUT2D eigenvalue weighted by atomic mass is 16.2. The van der Waals surface area contributed by atoms with Crippen LogP contribution in [0.2, 0.25) is 0 Å². The number of piperidine rings is 1. The summed E-state index contributed by atoms with van der Waals surface area (Å²) in [5.74, 6) is 0.175. The van der Waals surface area contributed by atoms with Gasteiger partial charge in [0.25, 0.3) is 0 Å². The van der Waals surface area contributed by atoms with E-state index in [0.29, 0.717) is 0 Å². The summed E-state index contributed by atoms with van der Waals surface area (Å²) < 4.78 is 1.85. The standard InChI is InChI=1S/C12H20N4O/c1-3-13-11-6-5-7-16(12(11)17)10-8-14-15(4-2)9-10/h8-9,11,13H,3-7H2,1-2H3. The number of hydrogen-bond acceptors (Lipinski definition) is 3. The summed E-state index contributed by atoms with van der Waals surface area (Å²) in [7, 11) is 0. The number of nitrogens with one attached hydrogen (secondary N) is 1. The van der Waals surface area contributed by atoms with Crippen LogP contribution in [0.5, 0.6) is 0 Å². The van der Waals surface area contributed by atoms with Gasteiger partial charge in [0.15, 0.2) is 0 Å². The molecule has 94 valence electrons. The van der Waals surface area contributed by atoms with Crippen molar-refractivity contribution in [3.05, 3.63) is 12.4 Å². The number of nitrogens with zero attached hydrogens (tertiary/aromatic N) is 3. The molecular weight excluding hydrogens is 216 g/mol. The number of carbonyl (C=O) groups is 1. The van der Waals surface area contributed by atoms with E-state index in [1.54, 1.807) is 6.20 Å². The number of hydrogen-bond donors (Lipinski definition) is 1. The molecule has 1 aliphatic rings. The minimum absolute atomic E-state index is 0.0290. The average Bonchev–Trinajstić information content (AvgIpc) is 2.80. The summed E-state index contributed by atoms with van der Waals surface area (Å²) in [6.07, 6.45) is 5.69. The highest BCUT2D eigenvalue weighted by molar-refractivity contribution is 5.97. The molecule has 0 spiro atoms. The molecule has 0 radical (unpaired) electrons. The van der Waals surface area contributed by atoms with Crippen molar-refractivity contribution in [1.29, 1.82) is 0 Å². The summed E-state index contributed by atoms with van der Waals surface area (Å²) in [4.78, 5) is 14.1. The van der Waals surface area contributed by atoms with Crippen LogP contribution < -0.4 is 10.2 Å². The predicted molar refractivity (Wildman–Crippen MR) is 67.0 cm³/mol. The van der Waals surface area contributed by atoms with Crippen molar-refractivity contribution in [2.24, 2.45) is 0 Å². The van der Waals surface area contributed by atoms with Gasteiger partial charge in [0.05, 0.1) is 17.9 Å². The molecule has 0 bridgehead atoms. The lowest BCUT2D eigenvalue weighted by molar-refractivity contribution is -0.121. The van der Waals surface area contributed by atoms with E-state index in [0.717, 1.165) is 38.2 Å². The first-order valence-electron chi connectivity index (χ1n) is 6.33. The zero-order chi connectivity index (χ0) is 12.3. The maximum absolute atomic E-state index is 12.2. The Bertz CT molecular complexity index is 386. The Kier molecular flexibility index (Phi) is 3.78. The molecular formula is C12H20N4O. The predicted octanol–water partition coefficient (Wildman–Crippen LogP) is 1.01. The number of rotatable bonds is 4. The van der Waals surface area contributed by atoms with E-state index < -0.39 is 0 Å². The summed E-state index contributed by atoms with van der Waals surface area (Å²) in [6.45, 7) is 6.53. The molecule has 1 unspecified atom stereocenters. The molecule has 17 heavy (non-hydrogen) atoms. The molecule has 0 aromatic carbocycles. The molecule has 1 amide bonds. The second-order valence-corrected chi connectivity index (χ2v) is 4.30. The van der Waals surface area contributed by atoms with E-state index in [1.165, 1.54) is 0 Å². The van der Waals surface area contributed by atoms with Crippen LogP contribution in [0.4, 0.5) is 5.69 Å². The number of carbonyl (C=O) groups excluding carboxylic acids is 1. The van der Waals surface area contributed by atoms with Gasteiger partial charge < -0.3 is 10.2 Å². The van der Waals surface area contributed by atoms with Crippen molar-refractivity contribution in [2.45, 2.75) is 39.3 Å². The Morgan fingerprint density at radius 3 is 3.00 bits per heavy atom. The first-order chi connectivity index (χ1) is 8.26. The summed E-state index contributed by atoms with van der Waals surface area (Å²) in [6, 6.07) is -0.0290. The van der Waals surface area contributed by atoms with Crippen molar-refractivity contribution < 1.29 is 4.79 Å². The summed E-state index contributed by atoms with van der Waals surface area (Å²) >= 11 is 0. The summed E-state index contributed by atoms with van der Waals surface area (Å²) in [5, 5.41) is 7.45. The van der Waals surface area contributed by atoms with E-state index >= 15 is 0 Å². The van der Waals surface area contributed by atoms with Gasteiger partial charge in [-0.2, -0.15) is 5.10 Å². The van der Waals surface area contributed by atoms with Gasteiger partial charge in [-0.3, -0.25) is 9.48 Å². The number of likely N-dealkylation sites (N-methyl/N-ethyl adjacent to an activating group) is 1. The number of aromatic nitrogens is 2. The Labute approximate surface area is 102 Å². The van der Waals surface area contributed by atoms with Gasteiger partial charge >= 0.3 is 0 Å². The van der Waals surface area contributed by atoms with Crippen LogP contribution in [0.25, 0.3) is 0 Å². The van der Waals surface area contributed by atoms with Crippen LogP contribution in [-0.4, -0.2) is 34.8 Å². The first-order valence-corrected chi connectivity index (χ1v) is 6.33. The Morgan fingerprint density at radius 2 is 2.35 bits per heavy atom. The van der Waals surface area contributed by atoms with Crippen LogP contribution in [0.3, 0.4) is 0 Å². The fourth-order valence-electron chi connectivity index (χ4n) is 2.23. The molecule has 2 heterocycles. The van der Waals surface area contributed by atoms with Crippen molar-refractivity contribution in [3.8, 4) is 0 Å². The molecule has 0 aliphatic carbocycles. The normalized spacial score (nSPS) is 20.9. The number of amides is 1. The van der Waals surface area contributed by atoms with Crippen LogP contribution in [0, 0.1) is 0 Å². The molecule has 1 atom stereocenters. The van der Waals surface area contributed by atoms with Gasteiger partial charge in [-0.1, -0.05) is 6.92 Å². The third-order valence-electron chi connectivity index (χ3n) is 3.14. The number of aryl methyl sites for hydroxylation is 1. The summed E-state index contributed by atoms with van der Waals surface area (Å²) in [5.41, 5.74) is 0.916. The molecule has 1 aromatic heterocycles. The maximum atomic E-state index is 12.2. The van der Waals surface area contributed by atoms with Crippen LogP contribution in [-0.2, 0) is 11.3 Å². The molecule has 0 saturated carbocycles. The average molecular weight is 236 g/mol. The molecule has 1 aliphatic heterocycles. The Balaban J connectivity index is 2.11. The second kappa shape index (κ2) is 5.31. The smallest absolute Gasteiger partial charge is 0.244 e. The molecule has 1 saturated heterocycles. The van der Waals surface area contributed by atoms with Gasteiger partial charge in [-0.25, -0.2) is 0 Å². The molecule has 5 nitrogen and oxygen atoms in total. The van der Waals surface area contributed by atoms with Gasteiger partial charge in [0.2, 0.25) is 5.91 Å². The molecule has 2 rings (SSSR count). The second-order valence-electron chi connectivity index (χ2n) is 4.30. The van der Waals surface area contributed by atoms with E-state index in [2.05, 4.69) is 10.4 Å². The van der Waals surface area contributed by atoms with E-state index in [4.69, 9.17) is 0 Å². The highest BCUT2D eigenvalue weighted by Gasteiger charge is 2.29. The lowest BCUT2D eigenvalue weighted by atomic mass is 10.0. The van der Waals surface area contributed by atoms with Crippen LogP contribution in [0.1, 0.15) is 26.7 Å². The van der Waals surface area contributed by atoms with E-state index in [9.17, 15) is 4.79 Å². The van der Waals surface area contributed by atoms with Gasteiger partial charge in [0.1, 0.15) is 0 Å². The fraction of sp³-hybridized carbons (Fsp3) is 0.667. The highest BCUT2D eigenvalue weighted by Crippen LogP contribution is 2.20. The van der Waals surface area contributed by atoms with Gasteiger partial charge in [0, 0.05) is 19.3 Å². The Morgan fingerprint density at radius 1 is 1.53 bits per heavy atom. The first kappa shape index (κ1) is 12.1. The van der Waals surface area contributed by atoms with Crippen molar-refractivity contribution in [1.82, 2.24) is 15.1 Å². The minimum Gasteiger partial charge on any atom is -0.308 e. The van der Waals surface area contributed by atoms with Gasteiger partial charge in [-0.15, -0.1) is 0 Å². The third kappa shape index (κ3) is 2.49. The van der Waals surface area contributed by atoms with Crippen molar-refractivity contribution >= 4 is 11.6 Å². The minimum atomic E-state index is -0.0290. The zero-order valence-corrected chi connectivity index (χ0v) is 10.5. The molecule has 1 fully saturated rings. The SMILES string of the molecule is CCNC1CCCN(c2cnn(CC)c2)C1=O. The van der Waals surface area contributed by atoms with Gasteiger partial charge in [-0.05, 0) is 26.3 Å². The largest absolute Gasteiger partial charge is 0.308 e. The topological polar surface area (TPSA) is 50.2 Å². The van der Waals surface area contributed by atoms with E-state index in [-0.39, 0.29) is 11.9 Å². The third-order valence-corrected chi connectivity index (χ3v) is 3.14. The lowest BCUT2D eigenvalue weighted by Gasteiger charge is -2.31.